The molecule has 1 aliphatic carbocycles. The molecule has 0 bridgehead atoms. The van der Waals surface area contributed by atoms with E-state index in [-0.39, 0.29) is 11.3 Å². The van der Waals surface area contributed by atoms with Gasteiger partial charge in [-0.2, -0.15) is 0 Å². The van der Waals surface area contributed by atoms with E-state index in [1.165, 1.54) is 0 Å². The summed E-state index contributed by atoms with van der Waals surface area (Å²) in [6, 6.07) is 0. The van der Waals surface area contributed by atoms with Crippen molar-refractivity contribution in [2.45, 2.75) is 27.4 Å². The summed E-state index contributed by atoms with van der Waals surface area (Å²) in [5.41, 5.74) is -1.53. The van der Waals surface area contributed by atoms with E-state index >= 15 is 0 Å². The van der Waals surface area contributed by atoms with Crippen LogP contribution in [0.4, 0.5) is 22.0 Å². The fourth-order valence-electron chi connectivity index (χ4n) is 2.70. The number of halogens is 5. The van der Waals surface area contributed by atoms with Crippen LogP contribution >= 0.6 is 0 Å². The first kappa shape index (κ1) is 17.4. The molecule has 0 N–H and O–H groups in total. The molecule has 1 aromatic rings. The van der Waals surface area contributed by atoms with Gasteiger partial charge in [-0.1, -0.05) is 26.0 Å². The van der Waals surface area contributed by atoms with Crippen molar-refractivity contribution in [3.05, 3.63) is 46.8 Å². The van der Waals surface area contributed by atoms with Crippen LogP contribution in [0.25, 0.3) is 0 Å². The molecule has 2 atom stereocenters. The zero-order chi connectivity index (χ0) is 17.5. The summed E-state index contributed by atoms with van der Waals surface area (Å²) in [6.07, 6.45) is 3.58. The lowest BCUT2D eigenvalue weighted by Gasteiger charge is -2.09. The minimum Gasteiger partial charge on any atom is -0.460 e. The summed E-state index contributed by atoms with van der Waals surface area (Å²) in [5, 5.41) is 0. The molecule has 23 heavy (non-hydrogen) atoms. The summed E-state index contributed by atoms with van der Waals surface area (Å²) in [6.45, 7) is 4.41. The summed E-state index contributed by atoms with van der Waals surface area (Å²) < 4.78 is 70.8. The van der Waals surface area contributed by atoms with Gasteiger partial charge in [0.2, 0.25) is 5.82 Å². The van der Waals surface area contributed by atoms with Crippen LogP contribution in [-0.2, 0) is 16.1 Å². The third kappa shape index (κ3) is 2.84. The van der Waals surface area contributed by atoms with Crippen LogP contribution in [0.1, 0.15) is 26.3 Å². The summed E-state index contributed by atoms with van der Waals surface area (Å²) in [4.78, 5) is 12.0. The van der Waals surface area contributed by atoms with Crippen molar-refractivity contribution in [3.63, 3.8) is 0 Å². The number of esters is 1. The summed E-state index contributed by atoms with van der Waals surface area (Å²) >= 11 is 0. The minimum atomic E-state index is -2.24. The van der Waals surface area contributed by atoms with Crippen LogP contribution in [0.2, 0.25) is 0 Å². The molecule has 2 rings (SSSR count). The van der Waals surface area contributed by atoms with Gasteiger partial charge in [0.15, 0.2) is 23.3 Å². The molecule has 2 nitrogen and oxygen atoms in total. The van der Waals surface area contributed by atoms with Gasteiger partial charge in [0, 0.05) is 0 Å². The summed E-state index contributed by atoms with van der Waals surface area (Å²) in [7, 11) is 0. The highest BCUT2D eigenvalue weighted by Crippen LogP contribution is 2.59. The summed E-state index contributed by atoms with van der Waals surface area (Å²) in [5.74, 6) is -11.7. The van der Waals surface area contributed by atoms with Gasteiger partial charge in [-0.15, -0.1) is 0 Å². The predicted molar refractivity (Wildman–Crippen MR) is 71.6 cm³/mol. The van der Waals surface area contributed by atoms with E-state index in [4.69, 9.17) is 4.74 Å². The average Bonchev–Trinajstić information content (AvgIpc) is 3.04. The third-order valence-electron chi connectivity index (χ3n) is 4.22. The van der Waals surface area contributed by atoms with Crippen molar-refractivity contribution in [2.24, 2.45) is 17.3 Å². The van der Waals surface area contributed by atoms with Crippen molar-refractivity contribution >= 4 is 5.97 Å². The van der Waals surface area contributed by atoms with Crippen molar-refractivity contribution in [2.75, 3.05) is 0 Å². The first-order chi connectivity index (χ1) is 10.6. The van der Waals surface area contributed by atoms with Crippen LogP contribution < -0.4 is 0 Å². The van der Waals surface area contributed by atoms with E-state index in [9.17, 15) is 26.7 Å². The number of benzene rings is 1. The second-order valence-electron chi connectivity index (χ2n) is 6.01. The number of ether oxygens (including phenoxy) is 1. The molecular weight excluding hydrogens is 319 g/mol. The molecule has 0 aliphatic heterocycles. The molecule has 7 heteroatoms. The number of allylic oxidation sites excluding steroid dienone is 2. The Balaban J connectivity index is 2.15. The zero-order valence-corrected chi connectivity index (χ0v) is 12.7. The van der Waals surface area contributed by atoms with Crippen LogP contribution in [0, 0.1) is 46.3 Å². The number of hydrogen-bond acceptors (Lipinski definition) is 2. The highest BCUT2D eigenvalue weighted by Gasteiger charge is 2.61. The lowest BCUT2D eigenvalue weighted by Crippen LogP contribution is -2.14. The molecule has 0 aromatic heterocycles. The zero-order valence-electron chi connectivity index (χ0n) is 12.7. The number of carbonyl (C=O) groups excluding carboxylic acids is 1. The van der Waals surface area contributed by atoms with Crippen LogP contribution in [0.5, 0.6) is 0 Å². The molecule has 1 saturated carbocycles. The Morgan fingerprint density at radius 1 is 1.04 bits per heavy atom. The molecule has 1 aromatic carbocycles. The van der Waals surface area contributed by atoms with E-state index in [0.29, 0.717) is 0 Å². The molecule has 1 fully saturated rings. The van der Waals surface area contributed by atoms with Crippen LogP contribution in [0.3, 0.4) is 0 Å². The van der Waals surface area contributed by atoms with Gasteiger partial charge in [-0.25, -0.2) is 22.0 Å². The maximum Gasteiger partial charge on any atom is 0.310 e. The molecule has 1 aliphatic rings. The standard InChI is InChI=1S/C16H15F5O2/c1-4-5-8-9(16(8,2)3)15(22)23-6-7-10(17)12(19)14(21)13(20)11(7)18/h4-5,8-9H,6H2,1-3H3/b5-4-/t8-,9+/m1/s1. The molecular formula is C16H15F5O2. The quantitative estimate of drug-likeness (QED) is 0.270. The van der Waals surface area contributed by atoms with Gasteiger partial charge in [0.25, 0.3) is 0 Å². The average molecular weight is 334 g/mol. The Labute approximate surface area is 129 Å². The smallest absolute Gasteiger partial charge is 0.310 e. The molecule has 0 radical (unpaired) electrons. The highest BCUT2D eigenvalue weighted by molar-refractivity contribution is 5.78. The molecule has 0 unspecified atom stereocenters. The van der Waals surface area contributed by atoms with E-state index < -0.39 is 53.1 Å². The van der Waals surface area contributed by atoms with Crippen molar-refractivity contribution in [3.8, 4) is 0 Å². The second-order valence-corrected chi connectivity index (χ2v) is 6.01. The van der Waals surface area contributed by atoms with Gasteiger partial charge in [-0.3, -0.25) is 4.79 Å². The number of carbonyl (C=O) groups is 1. The Hall–Kier alpha value is -1.92. The van der Waals surface area contributed by atoms with E-state index in [0.717, 1.165) is 0 Å². The van der Waals surface area contributed by atoms with E-state index in [1.54, 1.807) is 13.0 Å². The Bertz CT molecular complexity index is 653. The fourth-order valence-corrected chi connectivity index (χ4v) is 2.70. The van der Waals surface area contributed by atoms with Crippen molar-refractivity contribution < 1.29 is 31.5 Å². The number of hydrogen-bond donors (Lipinski definition) is 0. The van der Waals surface area contributed by atoms with Gasteiger partial charge in [0.05, 0.1) is 11.5 Å². The first-order valence-electron chi connectivity index (χ1n) is 6.94. The highest BCUT2D eigenvalue weighted by atomic mass is 19.2. The van der Waals surface area contributed by atoms with E-state index in [2.05, 4.69) is 0 Å². The van der Waals surface area contributed by atoms with Gasteiger partial charge >= 0.3 is 5.97 Å². The fraction of sp³-hybridized carbons (Fsp3) is 0.438. The van der Waals surface area contributed by atoms with Gasteiger partial charge in [0.1, 0.15) is 6.61 Å². The maximum absolute atomic E-state index is 13.5. The lowest BCUT2D eigenvalue weighted by molar-refractivity contribution is -0.147. The monoisotopic (exact) mass is 334 g/mol. The Morgan fingerprint density at radius 2 is 1.52 bits per heavy atom. The topological polar surface area (TPSA) is 26.3 Å². The molecule has 0 heterocycles. The van der Waals surface area contributed by atoms with Crippen LogP contribution in [-0.4, -0.2) is 5.97 Å². The SMILES string of the molecule is C/C=C\[C@@H]1[C@@H](C(=O)OCc2c(F)c(F)c(F)c(F)c2F)C1(C)C. The maximum atomic E-state index is 13.5. The second kappa shape index (κ2) is 5.94. The van der Waals surface area contributed by atoms with Gasteiger partial charge in [-0.05, 0) is 18.3 Å². The largest absolute Gasteiger partial charge is 0.460 e. The Morgan fingerprint density at radius 3 is 2.00 bits per heavy atom. The Kier molecular flexibility index (Phi) is 4.50. The molecule has 0 saturated heterocycles. The first-order valence-corrected chi connectivity index (χ1v) is 6.94. The minimum absolute atomic E-state index is 0.0867. The molecule has 0 spiro atoms. The predicted octanol–water partition coefficient (Wildman–Crippen LogP) is 4.27. The van der Waals surface area contributed by atoms with E-state index in [1.807, 2.05) is 19.9 Å². The number of rotatable bonds is 4. The third-order valence-corrected chi connectivity index (χ3v) is 4.22. The van der Waals surface area contributed by atoms with Crippen molar-refractivity contribution in [1.29, 1.82) is 0 Å². The van der Waals surface area contributed by atoms with Crippen LogP contribution in [0.15, 0.2) is 12.2 Å². The normalized spacial score (nSPS) is 22.4. The molecule has 0 amide bonds. The molecule has 126 valence electrons. The lowest BCUT2D eigenvalue weighted by atomic mass is 10.1. The van der Waals surface area contributed by atoms with Crippen molar-refractivity contribution in [1.82, 2.24) is 0 Å². The van der Waals surface area contributed by atoms with Gasteiger partial charge < -0.3 is 4.74 Å².